The molecule has 2 nitrogen and oxygen atoms in total. The number of benzene rings is 1. The van der Waals surface area contributed by atoms with E-state index in [1.165, 1.54) is 0 Å². The highest BCUT2D eigenvalue weighted by atomic mass is 35.5. The van der Waals surface area contributed by atoms with Gasteiger partial charge in [0.25, 0.3) is 0 Å². The topological polar surface area (TPSA) is 21.3 Å². The molecule has 2 unspecified atom stereocenters. The van der Waals surface area contributed by atoms with Gasteiger partial charge >= 0.3 is 0 Å². The largest absolute Gasteiger partial charge is 0.378 e. The van der Waals surface area contributed by atoms with Gasteiger partial charge in [0.1, 0.15) is 0 Å². The minimum atomic E-state index is -0.231. The van der Waals surface area contributed by atoms with E-state index in [0.29, 0.717) is 0 Å². The van der Waals surface area contributed by atoms with Gasteiger partial charge in [-0.3, -0.25) is 0 Å². The average molecular weight is 232 g/mol. The third kappa shape index (κ3) is 2.32. The Balaban J connectivity index is 2.00. The van der Waals surface area contributed by atoms with Crippen LogP contribution in [0.1, 0.15) is 6.42 Å². The fourth-order valence-electron chi connectivity index (χ4n) is 1.45. The quantitative estimate of drug-likeness (QED) is 0.791. The molecular formula is C10H11Cl2NO. The fourth-order valence-corrected chi connectivity index (χ4v) is 1.86. The van der Waals surface area contributed by atoms with Crippen LogP contribution in [0.4, 0.5) is 5.69 Å². The number of halogens is 2. The Labute approximate surface area is 93.2 Å². The van der Waals surface area contributed by atoms with Crippen LogP contribution >= 0.6 is 23.2 Å². The second kappa shape index (κ2) is 4.39. The molecule has 0 bridgehead atoms. The lowest BCUT2D eigenvalue weighted by molar-refractivity contribution is 0.165. The van der Waals surface area contributed by atoms with Crippen molar-refractivity contribution in [3.05, 3.63) is 29.3 Å². The summed E-state index contributed by atoms with van der Waals surface area (Å²) >= 11 is 11.7. The molecule has 2 atom stereocenters. The summed E-state index contributed by atoms with van der Waals surface area (Å²) in [4.78, 5) is 0. The van der Waals surface area contributed by atoms with E-state index in [-0.39, 0.29) is 11.6 Å². The third-order valence-electron chi connectivity index (χ3n) is 2.22. The van der Waals surface area contributed by atoms with Crippen molar-refractivity contribution in [2.24, 2.45) is 0 Å². The van der Waals surface area contributed by atoms with Gasteiger partial charge in [0.2, 0.25) is 0 Å². The van der Waals surface area contributed by atoms with Gasteiger partial charge in [-0.15, -0.1) is 0 Å². The molecule has 1 N–H and O–H groups in total. The van der Waals surface area contributed by atoms with Crippen molar-refractivity contribution < 1.29 is 4.74 Å². The van der Waals surface area contributed by atoms with Crippen molar-refractivity contribution in [1.82, 2.24) is 0 Å². The fraction of sp³-hybridized carbons (Fsp3) is 0.400. The lowest BCUT2D eigenvalue weighted by atomic mass is 10.2. The van der Waals surface area contributed by atoms with Crippen LogP contribution in [-0.4, -0.2) is 18.2 Å². The average Bonchev–Trinajstić information content (AvgIpc) is 2.56. The van der Waals surface area contributed by atoms with E-state index in [9.17, 15) is 0 Å². The SMILES string of the molecule is Clc1ccc(NC2CCOC2Cl)cc1. The van der Waals surface area contributed by atoms with Crippen molar-refractivity contribution in [2.45, 2.75) is 18.0 Å². The van der Waals surface area contributed by atoms with Gasteiger partial charge in [-0.1, -0.05) is 23.2 Å². The minimum Gasteiger partial charge on any atom is -0.378 e. The van der Waals surface area contributed by atoms with E-state index in [0.717, 1.165) is 23.7 Å². The Hall–Kier alpha value is -0.440. The normalized spacial score (nSPS) is 26.4. The van der Waals surface area contributed by atoms with Gasteiger partial charge in [-0.05, 0) is 30.7 Å². The molecule has 76 valence electrons. The maximum absolute atomic E-state index is 5.95. The van der Waals surface area contributed by atoms with Crippen LogP contribution in [0, 0.1) is 0 Å². The molecular weight excluding hydrogens is 221 g/mol. The molecule has 0 radical (unpaired) electrons. The summed E-state index contributed by atoms with van der Waals surface area (Å²) in [5, 5.41) is 4.04. The number of nitrogens with one attached hydrogen (secondary N) is 1. The molecule has 4 heteroatoms. The summed E-state index contributed by atoms with van der Waals surface area (Å²) < 4.78 is 5.24. The van der Waals surface area contributed by atoms with Crippen LogP contribution in [-0.2, 0) is 4.74 Å². The van der Waals surface area contributed by atoms with E-state index >= 15 is 0 Å². The van der Waals surface area contributed by atoms with Crippen LogP contribution in [0.15, 0.2) is 24.3 Å². The lowest BCUT2D eigenvalue weighted by Crippen LogP contribution is -2.24. The number of rotatable bonds is 2. The number of hydrogen-bond donors (Lipinski definition) is 1. The summed E-state index contributed by atoms with van der Waals surface area (Å²) in [6.45, 7) is 0.722. The maximum Gasteiger partial charge on any atom is 0.151 e. The van der Waals surface area contributed by atoms with Gasteiger partial charge in [0.15, 0.2) is 5.56 Å². The van der Waals surface area contributed by atoms with E-state index in [4.69, 9.17) is 27.9 Å². The van der Waals surface area contributed by atoms with Crippen molar-refractivity contribution in [2.75, 3.05) is 11.9 Å². The molecule has 14 heavy (non-hydrogen) atoms. The van der Waals surface area contributed by atoms with Crippen LogP contribution in [0.3, 0.4) is 0 Å². The third-order valence-corrected chi connectivity index (χ3v) is 2.90. The van der Waals surface area contributed by atoms with Gasteiger partial charge in [0, 0.05) is 10.7 Å². The Bertz CT molecular complexity index is 301. The second-order valence-electron chi connectivity index (χ2n) is 3.27. The summed E-state index contributed by atoms with van der Waals surface area (Å²) in [6.07, 6.45) is 0.941. The van der Waals surface area contributed by atoms with E-state index in [1.807, 2.05) is 24.3 Å². The number of anilines is 1. The lowest BCUT2D eigenvalue weighted by Gasteiger charge is -2.15. The Morgan fingerprint density at radius 2 is 2.00 bits per heavy atom. The predicted molar refractivity (Wildman–Crippen MR) is 59.1 cm³/mol. The minimum absolute atomic E-state index is 0.192. The summed E-state index contributed by atoms with van der Waals surface area (Å²) in [6, 6.07) is 7.76. The molecule has 0 amide bonds. The van der Waals surface area contributed by atoms with Gasteiger partial charge in [-0.2, -0.15) is 0 Å². The Kier molecular flexibility index (Phi) is 3.16. The summed E-state index contributed by atoms with van der Waals surface area (Å²) in [7, 11) is 0. The van der Waals surface area contributed by atoms with Crippen LogP contribution in [0.2, 0.25) is 5.02 Å². The molecule has 0 spiro atoms. The smallest absolute Gasteiger partial charge is 0.151 e. The summed E-state index contributed by atoms with van der Waals surface area (Å²) in [5.41, 5.74) is 0.793. The molecule has 1 saturated heterocycles. The predicted octanol–water partition coefficient (Wildman–Crippen LogP) is 3.11. The van der Waals surface area contributed by atoms with Gasteiger partial charge < -0.3 is 10.1 Å². The van der Waals surface area contributed by atoms with E-state index in [2.05, 4.69) is 5.32 Å². The molecule has 1 aromatic rings. The number of alkyl halides is 1. The molecule has 0 saturated carbocycles. The molecule has 1 aliphatic rings. The zero-order valence-electron chi connectivity index (χ0n) is 7.54. The number of hydrogen-bond acceptors (Lipinski definition) is 2. The second-order valence-corrected chi connectivity index (χ2v) is 4.13. The zero-order valence-corrected chi connectivity index (χ0v) is 9.05. The maximum atomic E-state index is 5.95. The first-order valence-electron chi connectivity index (χ1n) is 4.53. The van der Waals surface area contributed by atoms with E-state index in [1.54, 1.807) is 0 Å². The Morgan fingerprint density at radius 3 is 2.57 bits per heavy atom. The van der Waals surface area contributed by atoms with Crippen molar-refractivity contribution >= 4 is 28.9 Å². The molecule has 1 aromatic carbocycles. The first kappa shape index (κ1) is 10.1. The molecule has 0 aliphatic carbocycles. The van der Waals surface area contributed by atoms with Gasteiger partial charge in [0.05, 0.1) is 12.6 Å². The first-order valence-corrected chi connectivity index (χ1v) is 5.35. The zero-order chi connectivity index (χ0) is 9.97. The van der Waals surface area contributed by atoms with Crippen molar-refractivity contribution in [3.8, 4) is 0 Å². The monoisotopic (exact) mass is 231 g/mol. The Morgan fingerprint density at radius 1 is 1.29 bits per heavy atom. The van der Waals surface area contributed by atoms with Crippen LogP contribution < -0.4 is 5.32 Å². The highest BCUT2D eigenvalue weighted by Gasteiger charge is 2.25. The molecule has 1 fully saturated rings. The highest BCUT2D eigenvalue weighted by molar-refractivity contribution is 6.30. The molecule has 2 rings (SSSR count). The molecule has 0 aromatic heterocycles. The standard InChI is InChI=1S/C10H11Cl2NO/c11-7-1-3-8(4-2-7)13-9-5-6-14-10(9)12/h1-4,9-10,13H,5-6H2. The van der Waals surface area contributed by atoms with Crippen LogP contribution in [0.25, 0.3) is 0 Å². The molecule has 1 aliphatic heterocycles. The van der Waals surface area contributed by atoms with Gasteiger partial charge in [-0.25, -0.2) is 0 Å². The van der Waals surface area contributed by atoms with Crippen molar-refractivity contribution in [3.63, 3.8) is 0 Å². The van der Waals surface area contributed by atoms with Crippen LogP contribution in [0.5, 0.6) is 0 Å². The van der Waals surface area contributed by atoms with Crippen molar-refractivity contribution in [1.29, 1.82) is 0 Å². The molecule has 1 heterocycles. The van der Waals surface area contributed by atoms with E-state index < -0.39 is 0 Å². The number of ether oxygens (including phenoxy) is 1. The summed E-state index contributed by atoms with van der Waals surface area (Å²) in [5.74, 6) is 0. The highest BCUT2D eigenvalue weighted by Crippen LogP contribution is 2.22. The first-order chi connectivity index (χ1) is 6.75.